The molecule has 8 atom stereocenters. The fourth-order valence-corrected chi connectivity index (χ4v) is 4.88. The van der Waals surface area contributed by atoms with Crippen LogP contribution in [0, 0.1) is 23.7 Å². The molecule has 3 aliphatic heterocycles. The molecular weight excluding hydrogens is 432 g/mol. The molecular formula is C24H36O9. The monoisotopic (exact) mass is 468 g/mol. The molecule has 0 aromatic carbocycles. The summed E-state index contributed by atoms with van der Waals surface area (Å²) in [5.41, 5.74) is -1.85. The largest absolute Gasteiger partial charge is 0.456 e. The van der Waals surface area contributed by atoms with E-state index in [2.05, 4.69) is 6.58 Å². The molecule has 33 heavy (non-hydrogen) atoms. The lowest BCUT2D eigenvalue weighted by atomic mass is 9.70. The number of carbonyl (C=O) groups is 3. The number of esters is 3. The van der Waals surface area contributed by atoms with E-state index in [1.807, 2.05) is 13.8 Å². The van der Waals surface area contributed by atoms with Gasteiger partial charge in [-0.15, -0.1) is 0 Å². The zero-order chi connectivity index (χ0) is 24.9. The molecule has 0 saturated carbocycles. The van der Waals surface area contributed by atoms with E-state index in [4.69, 9.17) is 18.9 Å². The third-order valence-corrected chi connectivity index (χ3v) is 6.97. The fraction of sp³-hybridized carbons (Fsp3) is 0.792. The minimum Gasteiger partial charge on any atom is -0.456 e. The Hall–Kier alpha value is -1.97. The van der Waals surface area contributed by atoms with Crippen molar-refractivity contribution >= 4 is 17.9 Å². The highest BCUT2D eigenvalue weighted by Crippen LogP contribution is 2.50. The Kier molecular flexibility index (Phi) is 6.99. The van der Waals surface area contributed by atoms with Crippen molar-refractivity contribution in [3.05, 3.63) is 12.2 Å². The number of hydrogen-bond donors (Lipinski definition) is 2. The van der Waals surface area contributed by atoms with Crippen LogP contribution in [0.25, 0.3) is 0 Å². The van der Waals surface area contributed by atoms with E-state index in [1.54, 1.807) is 20.8 Å². The maximum absolute atomic E-state index is 12.7. The van der Waals surface area contributed by atoms with Crippen LogP contribution in [0.4, 0.5) is 0 Å². The molecule has 0 aromatic heterocycles. The molecule has 3 saturated heterocycles. The first-order chi connectivity index (χ1) is 15.2. The van der Waals surface area contributed by atoms with Crippen molar-refractivity contribution in [1.29, 1.82) is 0 Å². The lowest BCUT2D eigenvalue weighted by molar-refractivity contribution is -0.368. The molecule has 0 radical (unpaired) electrons. The van der Waals surface area contributed by atoms with Crippen LogP contribution < -0.4 is 0 Å². The summed E-state index contributed by atoms with van der Waals surface area (Å²) in [7, 11) is 0. The average Bonchev–Trinajstić information content (AvgIpc) is 2.98. The molecule has 3 fully saturated rings. The quantitative estimate of drug-likeness (QED) is 0.353. The van der Waals surface area contributed by atoms with Gasteiger partial charge in [-0.05, 0) is 25.7 Å². The Balaban J connectivity index is 2.13. The first-order valence-electron chi connectivity index (χ1n) is 11.6. The van der Waals surface area contributed by atoms with Crippen molar-refractivity contribution in [2.45, 2.75) is 96.6 Å². The molecule has 0 unspecified atom stereocenters. The molecule has 0 aliphatic carbocycles. The molecule has 3 aliphatic rings. The summed E-state index contributed by atoms with van der Waals surface area (Å²) in [4.78, 5) is 37.9. The van der Waals surface area contributed by atoms with Gasteiger partial charge in [0.05, 0.1) is 17.9 Å². The third kappa shape index (κ3) is 4.55. The van der Waals surface area contributed by atoms with Gasteiger partial charge in [-0.25, -0.2) is 4.79 Å². The number of fused-ring (bicyclic) bond motifs is 3. The van der Waals surface area contributed by atoms with Crippen molar-refractivity contribution in [2.24, 2.45) is 23.7 Å². The van der Waals surface area contributed by atoms with Crippen LogP contribution in [-0.2, 0) is 33.3 Å². The SMILES string of the molecule is C=C1C(=O)O[C@H]2[C@@H]1[C@@H](OC(=O)CC(C)C)[C@@]1(O)O[C@H](CC[C@H]1C)[C@](C)(O)[C@@H]2OC(=O)C(C)C. The van der Waals surface area contributed by atoms with Crippen molar-refractivity contribution < 1.29 is 43.5 Å². The molecule has 2 bridgehead atoms. The number of rotatable bonds is 5. The standard InChI is InChI=1S/C24H36O9/c1-11(2)10-16(25)30-19-17-14(6)22(27)31-18(17)20(32-21(26)12(3)4)23(7,28)15-9-8-13(5)24(19,29)33-15/h11-13,15,17-20,28-29H,6,8-10H2,1-5,7H3/t13-,15-,17-,18+,19-,20-,23+,24+/m1/s1. The van der Waals surface area contributed by atoms with Gasteiger partial charge in [-0.3, -0.25) is 9.59 Å². The van der Waals surface area contributed by atoms with Gasteiger partial charge in [0.25, 0.3) is 0 Å². The van der Waals surface area contributed by atoms with Crippen LogP contribution in [0.3, 0.4) is 0 Å². The van der Waals surface area contributed by atoms with Gasteiger partial charge in [-0.1, -0.05) is 41.2 Å². The Morgan fingerprint density at radius 3 is 2.36 bits per heavy atom. The van der Waals surface area contributed by atoms with Crippen molar-refractivity contribution in [3.8, 4) is 0 Å². The topological polar surface area (TPSA) is 129 Å². The Morgan fingerprint density at radius 1 is 1.15 bits per heavy atom. The lowest BCUT2D eigenvalue weighted by Gasteiger charge is -2.54. The Labute approximate surface area is 194 Å². The second-order valence-corrected chi connectivity index (χ2v) is 10.5. The molecule has 9 nitrogen and oxygen atoms in total. The molecule has 2 N–H and O–H groups in total. The third-order valence-electron chi connectivity index (χ3n) is 6.97. The summed E-state index contributed by atoms with van der Waals surface area (Å²) in [5, 5.41) is 23.3. The molecule has 0 spiro atoms. The van der Waals surface area contributed by atoms with Crippen molar-refractivity contribution in [1.82, 2.24) is 0 Å². The average molecular weight is 469 g/mol. The van der Waals surface area contributed by atoms with Gasteiger partial charge in [0.2, 0.25) is 5.79 Å². The van der Waals surface area contributed by atoms with Crippen LogP contribution in [0.5, 0.6) is 0 Å². The molecule has 3 heterocycles. The van der Waals surface area contributed by atoms with Gasteiger partial charge in [-0.2, -0.15) is 0 Å². The highest BCUT2D eigenvalue weighted by Gasteiger charge is 2.67. The van der Waals surface area contributed by atoms with Gasteiger partial charge >= 0.3 is 17.9 Å². The maximum Gasteiger partial charge on any atom is 0.334 e. The van der Waals surface area contributed by atoms with Crippen LogP contribution in [0.15, 0.2) is 12.2 Å². The molecule has 9 heteroatoms. The number of aliphatic hydroxyl groups is 2. The van der Waals surface area contributed by atoms with Crippen LogP contribution in [-0.4, -0.2) is 63.9 Å². The zero-order valence-electron chi connectivity index (χ0n) is 20.2. The van der Waals surface area contributed by atoms with Crippen molar-refractivity contribution in [2.75, 3.05) is 0 Å². The minimum atomic E-state index is -2.01. The van der Waals surface area contributed by atoms with E-state index in [0.717, 1.165) is 0 Å². The molecule has 0 aromatic rings. The first-order valence-corrected chi connectivity index (χ1v) is 11.6. The summed E-state index contributed by atoms with van der Waals surface area (Å²) >= 11 is 0. The van der Waals surface area contributed by atoms with Gasteiger partial charge < -0.3 is 29.2 Å². The maximum atomic E-state index is 12.7. The van der Waals surface area contributed by atoms with Crippen LogP contribution >= 0.6 is 0 Å². The second kappa shape index (κ2) is 9.00. The number of hydrogen-bond acceptors (Lipinski definition) is 9. The van der Waals surface area contributed by atoms with Crippen LogP contribution in [0.2, 0.25) is 0 Å². The summed E-state index contributed by atoms with van der Waals surface area (Å²) in [6.07, 6.45) is -3.97. The zero-order valence-corrected chi connectivity index (χ0v) is 20.2. The predicted octanol–water partition coefficient (Wildman–Crippen LogP) is 1.88. The van der Waals surface area contributed by atoms with Crippen LogP contribution in [0.1, 0.15) is 60.8 Å². The molecule has 0 amide bonds. The van der Waals surface area contributed by atoms with E-state index in [-0.39, 0.29) is 17.9 Å². The Morgan fingerprint density at radius 2 is 1.79 bits per heavy atom. The summed E-state index contributed by atoms with van der Waals surface area (Å²) < 4.78 is 23.0. The summed E-state index contributed by atoms with van der Waals surface area (Å²) in [5.74, 6) is -6.03. The first kappa shape index (κ1) is 25.6. The lowest BCUT2D eigenvalue weighted by Crippen LogP contribution is -2.70. The minimum absolute atomic E-state index is 0.000850. The fourth-order valence-electron chi connectivity index (χ4n) is 4.88. The number of ether oxygens (including phenoxy) is 4. The van der Waals surface area contributed by atoms with E-state index < -0.39 is 71.5 Å². The van der Waals surface area contributed by atoms with Crippen molar-refractivity contribution in [3.63, 3.8) is 0 Å². The summed E-state index contributed by atoms with van der Waals surface area (Å²) in [6, 6.07) is 0. The Bertz CT molecular complexity index is 817. The van der Waals surface area contributed by atoms with E-state index in [9.17, 15) is 24.6 Å². The highest BCUT2D eigenvalue weighted by molar-refractivity contribution is 5.91. The van der Waals surface area contributed by atoms with Gasteiger partial charge in [0.1, 0.15) is 5.60 Å². The molecule has 186 valence electrons. The summed E-state index contributed by atoms with van der Waals surface area (Å²) in [6.45, 7) is 14.0. The van der Waals surface area contributed by atoms with E-state index in [0.29, 0.717) is 12.8 Å². The predicted molar refractivity (Wildman–Crippen MR) is 115 cm³/mol. The normalized spacial score (nSPS) is 40.7. The smallest absolute Gasteiger partial charge is 0.334 e. The number of carbonyl (C=O) groups excluding carboxylic acids is 3. The van der Waals surface area contributed by atoms with Gasteiger partial charge in [0, 0.05) is 17.9 Å². The highest BCUT2D eigenvalue weighted by atomic mass is 16.7. The molecule has 3 rings (SSSR count). The van der Waals surface area contributed by atoms with Gasteiger partial charge in [0.15, 0.2) is 18.3 Å². The van der Waals surface area contributed by atoms with E-state index in [1.165, 1.54) is 6.92 Å². The van der Waals surface area contributed by atoms with E-state index >= 15 is 0 Å². The second-order valence-electron chi connectivity index (χ2n) is 10.5.